The molecule has 3 amide bonds. The van der Waals surface area contributed by atoms with Gasteiger partial charge in [-0.1, -0.05) is 24.3 Å². The first-order valence-electron chi connectivity index (χ1n) is 14.0. The van der Waals surface area contributed by atoms with Crippen molar-refractivity contribution in [1.82, 2.24) is 9.80 Å². The summed E-state index contributed by atoms with van der Waals surface area (Å²) in [6.07, 6.45) is -1.31. The largest absolute Gasteiger partial charge is 0.419 e. The van der Waals surface area contributed by atoms with Gasteiger partial charge in [0, 0.05) is 43.2 Å². The van der Waals surface area contributed by atoms with Crippen LogP contribution in [0.5, 0.6) is 0 Å². The number of hydrogen-bond acceptors (Lipinski definition) is 4. The Kier molecular flexibility index (Phi) is 8.67. The van der Waals surface area contributed by atoms with Gasteiger partial charge in [-0.2, -0.15) is 13.2 Å². The fraction of sp³-hybridized carbons (Fsp3) is 0.355. The number of rotatable bonds is 7. The van der Waals surface area contributed by atoms with Crippen molar-refractivity contribution in [2.45, 2.75) is 37.9 Å². The number of nitrogen functional groups attached to an aromatic ring is 1. The van der Waals surface area contributed by atoms with E-state index in [2.05, 4.69) is 10.2 Å². The molecule has 2 aliphatic rings. The van der Waals surface area contributed by atoms with Gasteiger partial charge in [0.1, 0.15) is 5.82 Å². The lowest BCUT2D eigenvalue weighted by atomic mass is 10.0. The molecular formula is C31H33F4N5O2. The Morgan fingerprint density at radius 2 is 1.67 bits per heavy atom. The van der Waals surface area contributed by atoms with Gasteiger partial charge in [0.25, 0.3) is 0 Å². The molecule has 0 radical (unpaired) electrons. The number of hydrogen-bond donors (Lipinski definition) is 2. The summed E-state index contributed by atoms with van der Waals surface area (Å²) < 4.78 is 53.7. The van der Waals surface area contributed by atoms with E-state index in [1.54, 1.807) is 18.2 Å². The molecule has 2 saturated heterocycles. The van der Waals surface area contributed by atoms with Gasteiger partial charge in [-0.25, -0.2) is 9.18 Å². The molecule has 3 aromatic rings. The number of amides is 3. The third-order valence-corrected chi connectivity index (χ3v) is 7.84. The Bertz CT molecular complexity index is 1420. The SMILES string of the molecule is Nc1cccc(-c2ccc(N(CCN3CCC[C@@H]3C(=O)N3CCCC3)C(=O)Nc3ccc(F)c(C(F)(F)F)c3)cc2)c1. The summed E-state index contributed by atoms with van der Waals surface area (Å²) in [5.74, 6) is -1.31. The zero-order valence-corrected chi connectivity index (χ0v) is 23.0. The number of anilines is 3. The van der Waals surface area contributed by atoms with E-state index in [1.165, 1.54) is 4.90 Å². The van der Waals surface area contributed by atoms with E-state index < -0.39 is 23.6 Å². The molecule has 3 aromatic carbocycles. The molecule has 2 heterocycles. The zero-order chi connectivity index (χ0) is 29.9. The van der Waals surface area contributed by atoms with Crippen LogP contribution in [0.2, 0.25) is 0 Å². The van der Waals surface area contributed by atoms with Crippen LogP contribution in [0.3, 0.4) is 0 Å². The minimum absolute atomic E-state index is 0.110. The van der Waals surface area contributed by atoms with Gasteiger partial charge in [-0.15, -0.1) is 0 Å². The van der Waals surface area contributed by atoms with E-state index in [4.69, 9.17) is 5.73 Å². The summed E-state index contributed by atoms with van der Waals surface area (Å²) in [4.78, 5) is 32.1. The molecule has 2 fully saturated rings. The number of halogens is 4. The molecule has 0 bridgehead atoms. The van der Waals surface area contributed by atoms with Crippen LogP contribution < -0.4 is 16.0 Å². The van der Waals surface area contributed by atoms with Crippen molar-refractivity contribution in [3.8, 4) is 11.1 Å². The van der Waals surface area contributed by atoms with Gasteiger partial charge in [0.05, 0.1) is 11.6 Å². The van der Waals surface area contributed by atoms with E-state index in [0.29, 0.717) is 36.6 Å². The topological polar surface area (TPSA) is 81.9 Å². The fourth-order valence-electron chi connectivity index (χ4n) is 5.66. The highest BCUT2D eigenvalue weighted by atomic mass is 19.4. The second-order valence-electron chi connectivity index (χ2n) is 10.7. The van der Waals surface area contributed by atoms with E-state index >= 15 is 0 Å². The van der Waals surface area contributed by atoms with Crippen molar-refractivity contribution in [2.24, 2.45) is 0 Å². The molecule has 1 atom stereocenters. The second-order valence-corrected chi connectivity index (χ2v) is 10.7. The molecule has 42 heavy (non-hydrogen) atoms. The first-order chi connectivity index (χ1) is 20.1. The number of alkyl halides is 3. The molecule has 0 aliphatic carbocycles. The lowest BCUT2D eigenvalue weighted by Crippen LogP contribution is -2.48. The summed E-state index contributed by atoms with van der Waals surface area (Å²) in [6, 6.07) is 16.0. The third kappa shape index (κ3) is 6.67. The highest BCUT2D eigenvalue weighted by Gasteiger charge is 2.36. The van der Waals surface area contributed by atoms with Crippen molar-refractivity contribution in [2.75, 3.05) is 48.7 Å². The summed E-state index contributed by atoms with van der Waals surface area (Å²) in [5.41, 5.74) is 7.16. The summed E-state index contributed by atoms with van der Waals surface area (Å²) in [7, 11) is 0. The molecule has 2 aliphatic heterocycles. The maximum absolute atomic E-state index is 13.8. The maximum atomic E-state index is 13.8. The van der Waals surface area contributed by atoms with Crippen molar-refractivity contribution < 1.29 is 27.2 Å². The minimum atomic E-state index is -4.91. The number of nitrogens with one attached hydrogen (secondary N) is 1. The van der Waals surface area contributed by atoms with Crippen molar-refractivity contribution >= 4 is 29.0 Å². The smallest absolute Gasteiger partial charge is 0.399 e. The average molecular weight is 584 g/mol. The highest BCUT2D eigenvalue weighted by Crippen LogP contribution is 2.33. The zero-order valence-electron chi connectivity index (χ0n) is 23.0. The van der Waals surface area contributed by atoms with Crippen LogP contribution in [-0.2, 0) is 11.0 Å². The fourth-order valence-corrected chi connectivity index (χ4v) is 5.66. The van der Waals surface area contributed by atoms with Crippen LogP contribution >= 0.6 is 0 Å². The average Bonchev–Trinajstić information content (AvgIpc) is 3.67. The Balaban J connectivity index is 1.37. The molecule has 3 N–H and O–H groups in total. The molecule has 7 nitrogen and oxygen atoms in total. The van der Waals surface area contributed by atoms with Gasteiger partial charge in [-0.3, -0.25) is 14.6 Å². The van der Waals surface area contributed by atoms with Gasteiger partial charge >= 0.3 is 12.2 Å². The number of urea groups is 1. The van der Waals surface area contributed by atoms with Gasteiger partial charge in [-0.05, 0) is 85.8 Å². The van der Waals surface area contributed by atoms with Crippen LogP contribution in [0.1, 0.15) is 31.2 Å². The van der Waals surface area contributed by atoms with E-state index in [1.807, 2.05) is 35.2 Å². The van der Waals surface area contributed by atoms with Crippen LogP contribution in [-0.4, -0.2) is 60.5 Å². The maximum Gasteiger partial charge on any atom is 0.419 e. The van der Waals surface area contributed by atoms with Gasteiger partial charge in [0.15, 0.2) is 0 Å². The van der Waals surface area contributed by atoms with Crippen LogP contribution in [0.25, 0.3) is 11.1 Å². The van der Waals surface area contributed by atoms with Gasteiger partial charge in [0.2, 0.25) is 5.91 Å². The number of likely N-dealkylation sites (tertiary alicyclic amines) is 2. The van der Waals surface area contributed by atoms with Crippen molar-refractivity contribution in [3.63, 3.8) is 0 Å². The number of carbonyl (C=O) groups excluding carboxylic acids is 2. The molecular weight excluding hydrogens is 550 g/mol. The number of benzene rings is 3. The molecule has 11 heteroatoms. The van der Waals surface area contributed by atoms with Crippen molar-refractivity contribution in [1.29, 1.82) is 0 Å². The molecule has 5 rings (SSSR count). The molecule has 0 saturated carbocycles. The molecule has 0 spiro atoms. The first kappa shape index (κ1) is 29.4. The Morgan fingerprint density at radius 1 is 0.929 bits per heavy atom. The number of nitrogens with two attached hydrogens (primary N) is 1. The summed E-state index contributed by atoms with van der Waals surface area (Å²) in [5, 5.41) is 2.50. The van der Waals surface area contributed by atoms with Crippen molar-refractivity contribution in [3.05, 3.63) is 78.1 Å². The van der Waals surface area contributed by atoms with Crippen LogP contribution in [0.4, 0.5) is 39.4 Å². The van der Waals surface area contributed by atoms with Crippen LogP contribution in [0, 0.1) is 5.82 Å². The van der Waals surface area contributed by atoms with E-state index in [9.17, 15) is 27.2 Å². The number of nitrogens with zero attached hydrogens (tertiary/aromatic N) is 3. The monoisotopic (exact) mass is 583 g/mol. The Morgan fingerprint density at radius 3 is 2.36 bits per heavy atom. The quantitative estimate of drug-likeness (QED) is 0.256. The summed E-state index contributed by atoms with van der Waals surface area (Å²) in [6.45, 7) is 2.80. The Labute approximate surface area is 241 Å². The Hall–Kier alpha value is -4.12. The predicted octanol–water partition coefficient (Wildman–Crippen LogP) is 6.22. The molecule has 0 aromatic heterocycles. The third-order valence-electron chi connectivity index (χ3n) is 7.84. The van der Waals surface area contributed by atoms with Gasteiger partial charge < -0.3 is 16.0 Å². The normalized spacial score (nSPS) is 17.4. The lowest BCUT2D eigenvalue weighted by molar-refractivity contribution is -0.140. The van der Waals surface area contributed by atoms with Crippen LogP contribution in [0.15, 0.2) is 66.7 Å². The minimum Gasteiger partial charge on any atom is -0.399 e. The van der Waals surface area contributed by atoms with E-state index in [0.717, 1.165) is 56.0 Å². The summed E-state index contributed by atoms with van der Waals surface area (Å²) >= 11 is 0. The highest BCUT2D eigenvalue weighted by molar-refractivity contribution is 6.02. The number of carbonyl (C=O) groups is 2. The standard InChI is InChI=1S/C31H33F4N5O2/c32-27-13-10-24(20-26(27)31(33,34)35)37-30(42)40(25-11-8-21(9-12-25)22-5-3-6-23(36)19-22)18-17-38-16-4-7-28(38)29(41)39-14-1-2-15-39/h3,5-6,8-13,19-20,28H,1-2,4,7,14-18,36H2,(H,37,42)/t28-/m1/s1. The lowest BCUT2D eigenvalue weighted by Gasteiger charge is -2.30. The molecule has 0 unspecified atom stereocenters. The second kappa shape index (κ2) is 12.4. The molecule has 222 valence electrons. The predicted molar refractivity (Wildman–Crippen MR) is 154 cm³/mol. The van der Waals surface area contributed by atoms with E-state index in [-0.39, 0.29) is 24.2 Å². The first-order valence-corrected chi connectivity index (χ1v) is 14.0.